The number of carbonyl (C=O) groups excluding carboxylic acids is 1. The van der Waals surface area contributed by atoms with Gasteiger partial charge in [0.1, 0.15) is 5.75 Å². The van der Waals surface area contributed by atoms with E-state index in [1.165, 1.54) is 0 Å². The Kier molecular flexibility index (Phi) is 5.02. The highest BCUT2D eigenvalue weighted by atomic mass is 79.9. The lowest BCUT2D eigenvalue weighted by atomic mass is 10.0. The number of amides is 1. The monoisotopic (exact) mass is 347 g/mol. The lowest BCUT2D eigenvalue weighted by Crippen LogP contribution is -2.15. The van der Waals surface area contributed by atoms with E-state index < -0.39 is 0 Å². The maximum Gasteiger partial charge on any atom is 0.228 e. The number of rotatable bonds is 4. The van der Waals surface area contributed by atoms with E-state index >= 15 is 0 Å². The fourth-order valence-electron chi connectivity index (χ4n) is 2.09. The van der Waals surface area contributed by atoms with Gasteiger partial charge in [0.25, 0.3) is 0 Å². The maximum absolute atomic E-state index is 12.2. The molecule has 21 heavy (non-hydrogen) atoms. The Morgan fingerprint density at radius 2 is 1.95 bits per heavy atom. The number of ether oxygens (including phenoxy) is 1. The first-order chi connectivity index (χ1) is 9.99. The van der Waals surface area contributed by atoms with Crippen molar-refractivity contribution in [2.24, 2.45) is 0 Å². The van der Waals surface area contributed by atoms with Crippen LogP contribution < -0.4 is 10.1 Å². The number of methoxy groups -OCH3 is 1. The van der Waals surface area contributed by atoms with Crippen molar-refractivity contribution in [3.8, 4) is 5.75 Å². The number of aryl methyl sites for hydroxylation is 2. The van der Waals surface area contributed by atoms with Crippen molar-refractivity contribution in [2.45, 2.75) is 20.3 Å². The Balaban J connectivity index is 2.13. The predicted molar refractivity (Wildman–Crippen MR) is 88.9 cm³/mol. The molecule has 0 aromatic heterocycles. The van der Waals surface area contributed by atoms with Gasteiger partial charge in [-0.15, -0.1) is 0 Å². The zero-order valence-corrected chi connectivity index (χ0v) is 14.0. The molecule has 0 saturated heterocycles. The van der Waals surface area contributed by atoms with E-state index in [1.54, 1.807) is 13.2 Å². The fraction of sp³-hybridized carbons (Fsp3) is 0.235. The topological polar surface area (TPSA) is 38.3 Å². The second-order valence-corrected chi connectivity index (χ2v) is 5.86. The first-order valence-electron chi connectivity index (χ1n) is 6.69. The van der Waals surface area contributed by atoms with Crippen molar-refractivity contribution >= 4 is 27.5 Å². The Labute approximate surface area is 133 Å². The first kappa shape index (κ1) is 15.6. The van der Waals surface area contributed by atoms with Crippen LogP contribution in [0.15, 0.2) is 40.9 Å². The van der Waals surface area contributed by atoms with E-state index in [-0.39, 0.29) is 5.91 Å². The molecule has 0 saturated carbocycles. The predicted octanol–water partition coefficient (Wildman–Crippen LogP) is 4.26. The first-order valence-corrected chi connectivity index (χ1v) is 7.48. The zero-order chi connectivity index (χ0) is 15.4. The summed E-state index contributed by atoms with van der Waals surface area (Å²) >= 11 is 3.43. The number of hydrogen-bond acceptors (Lipinski definition) is 2. The molecule has 0 unspecified atom stereocenters. The maximum atomic E-state index is 12.2. The molecule has 0 aliphatic rings. The molecule has 110 valence electrons. The molecule has 2 rings (SSSR count). The fourth-order valence-corrected chi connectivity index (χ4v) is 2.43. The molecule has 2 aromatic carbocycles. The summed E-state index contributed by atoms with van der Waals surface area (Å²) < 4.78 is 6.00. The van der Waals surface area contributed by atoms with Crippen LogP contribution in [0.2, 0.25) is 0 Å². The van der Waals surface area contributed by atoms with Crippen molar-refractivity contribution in [3.05, 3.63) is 57.6 Å². The summed E-state index contributed by atoms with van der Waals surface area (Å²) in [5, 5.41) is 2.91. The molecule has 0 radical (unpaired) electrons. The number of carbonyl (C=O) groups is 1. The second kappa shape index (κ2) is 6.76. The summed E-state index contributed by atoms with van der Waals surface area (Å²) in [6, 6.07) is 11.6. The smallest absolute Gasteiger partial charge is 0.228 e. The van der Waals surface area contributed by atoms with Gasteiger partial charge in [-0.2, -0.15) is 0 Å². The Morgan fingerprint density at radius 3 is 2.67 bits per heavy atom. The number of benzene rings is 2. The lowest BCUT2D eigenvalue weighted by Gasteiger charge is -2.11. The average Bonchev–Trinajstić information content (AvgIpc) is 2.45. The van der Waals surface area contributed by atoms with E-state index in [9.17, 15) is 4.79 Å². The largest absolute Gasteiger partial charge is 0.497 e. The number of hydrogen-bond donors (Lipinski definition) is 1. The molecule has 1 amide bonds. The van der Waals surface area contributed by atoms with E-state index in [0.717, 1.165) is 21.2 Å². The van der Waals surface area contributed by atoms with Crippen molar-refractivity contribution in [1.82, 2.24) is 0 Å². The third kappa shape index (κ3) is 4.08. The minimum absolute atomic E-state index is 0.0438. The van der Waals surface area contributed by atoms with Crippen LogP contribution in [-0.4, -0.2) is 13.0 Å². The van der Waals surface area contributed by atoms with Gasteiger partial charge in [0.05, 0.1) is 19.2 Å². The van der Waals surface area contributed by atoms with Crippen LogP contribution in [0.3, 0.4) is 0 Å². The zero-order valence-electron chi connectivity index (χ0n) is 12.4. The van der Waals surface area contributed by atoms with Gasteiger partial charge in [0.15, 0.2) is 0 Å². The molecule has 1 N–H and O–H groups in total. The molecule has 0 bridgehead atoms. The quantitative estimate of drug-likeness (QED) is 0.897. The van der Waals surface area contributed by atoms with Gasteiger partial charge in [-0.3, -0.25) is 4.79 Å². The minimum atomic E-state index is -0.0438. The van der Waals surface area contributed by atoms with Gasteiger partial charge >= 0.3 is 0 Å². The molecule has 0 spiro atoms. The van der Waals surface area contributed by atoms with Gasteiger partial charge in [-0.05, 0) is 53.0 Å². The summed E-state index contributed by atoms with van der Waals surface area (Å²) in [7, 11) is 1.60. The molecular weight excluding hydrogens is 330 g/mol. The van der Waals surface area contributed by atoms with E-state index in [2.05, 4.69) is 33.4 Å². The minimum Gasteiger partial charge on any atom is -0.497 e. The normalized spacial score (nSPS) is 10.3. The highest BCUT2D eigenvalue weighted by molar-refractivity contribution is 9.10. The van der Waals surface area contributed by atoms with E-state index in [4.69, 9.17) is 4.74 Å². The molecule has 0 aliphatic carbocycles. The van der Waals surface area contributed by atoms with Crippen molar-refractivity contribution in [2.75, 3.05) is 12.4 Å². The molecule has 0 atom stereocenters. The Morgan fingerprint density at radius 1 is 1.19 bits per heavy atom. The highest BCUT2D eigenvalue weighted by Gasteiger charge is 2.09. The van der Waals surface area contributed by atoms with Crippen molar-refractivity contribution < 1.29 is 9.53 Å². The van der Waals surface area contributed by atoms with Crippen LogP contribution in [0.1, 0.15) is 16.7 Å². The molecule has 3 nitrogen and oxygen atoms in total. The van der Waals surface area contributed by atoms with Crippen LogP contribution in [0.5, 0.6) is 5.75 Å². The van der Waals surface area contributed by atoms with Gasteiger partial charge in [0.2, 0.25) is 5.91 Å². The third-order valence-corrected chi connectivity index (χ3v) is 3.99. The Hall–Kier alpha value is -1.81. The number of anilines is 1. The molecule has 0 heterocycles. The molecular formula is C17H18BrNO2. The summed E-state index contributed by atoms with van der Waals surface area (Å²) in [6.07, 6.45) is 0.358. The van der Waals surface area contributed by atoms with Crippen molar-refractivity contribution in [1.29, 1.82) is 0 Å². The van der Waals surface area contributed by atoms with Gasteiger partial charge in [-0.25, -0.2) is 0 Å². The van der Waals surface area contributed by atoms with Crippen molar-refractivity contribution in [3.63, 3.8) is 0 Å². The van der Waals surface area contributed by atoms with E-state index in [0.29, 0.717) is 17.9 Å². The SMILES string of the molecule is COc1ccc(Br)c(NC(=O)Cc2cc(C)ccc2C)c1. The summed E-state index contributed by atoms with van der Waals surface area (Å²) in [5.41, 5.74) is 4.04. The van der Waals surface area contributed by atoms with E-state index in [1.807, 2.05) is 32.0 Å². The van der Waals surface area contributed by atoms with Crippen LogP contribution in [0.4, 0.5) is 5.69 Å². The third-order valence-electron chi connectivity index (χ3n) is 3.30. The summed E-state index contributed by atoms with van der Waals surface area (Å²) in [4.78, 5) is 12.2. The molecule has 0 aliphatic heterocycles. The van der Waals surface area contributed by atoms with Crippen LogP contribution >= 0.6 is 15.9 Å². The molecule has 0 fully saturated rings. The number of halogens is 1. The lowest BCUT2D eigenvalue weighted by molar-refractivity contribution is -0.115. The molecule has 2 aromatic rings. The Bertz CT molecular complexity index is 668. The van der Waals surface area contributed by atoms with Crippen LogP contribution in [0.25, 0.3) is 0 Å². The second-order valence-electron chi connectivity index (χ2n) is 5.00. The standard InChI is InChI=1S/C17H18BrNO2/c1-11-4-5-12(2)13(8-11)9-17(20)19-16-10-14(21-3)6-7-15(16)18/h4-8,10H,9H2,1-3H3,(H,19,20). The summed E-state index contributed by atoms with van der Waals surface area (Å²) in [6.45, 7) is 4.04. The van der Waals surface area contributed by atoms with Crippen LogP contribution in [-0.2, 0) is 11.2 Å². The summed E-state index contributed by atoms with van der Waals surface area (Å²) in [5.74, 6) is 0.665. The average molecular weight is 348 g/mol. The van der Waals surface area contributed by atoms with Crippen LogP contribution in [0, 0.1) is 13.8 Å². The number of nitrogens with one attached hydrogen (secondary N) is 1. The highest BCUT2D eigenvalue weighted by Crippen LogP contribution is 2.27. The van der Waals surface area contributed by atoms with Gasteiger partial charge in [0, 0.05) is 10.5 Å². The molecule has 4 heteroatoms. The van der Waals surface area contributed by atoms with Gasteiger partial charge < -0.3 is 10.1 Å². The van der Waals surface area contributed by atoms with Gasteiger partial charge in [-0.1, -0.05) is 23.8 Å².